The number of hydrogen-bond donors (Lipinski definition) is 0. The Balaban J connectivity index is 1.49. The number of carbonyl (C=O) groups excluding carboxylic acids is 2. The molecule has 142 valence electrons. The van der Waals surface area contributed by atoms with E-state index in [1.54, 1.807) is 24.3 Å². The zero-order valence-corrected chi connectivity index (χ0v) is 15.5. The molecule has 3 aromatic rings. The fourth-order valence-corrected chi connectivity index (χ4v) is 3.29. The van der Waals surface area contributed by atoms with Crippen LogP contribution in [0.15, 0.2) is 59.0 Å². The van der Waals surface area contributed by atoms with Gasteiger partial charge in [0.25, 0.3) is 11.8 Å². The van der Waals surface area contributed by atoms with Crippen LogP contribution in [0.25, 0.3) is 11.5 Å². The van der Waals surface area contributed by atoms with Crippen molar-refractivity contribution in [2.24, 2.45) is 0 Å². The van der Waals surface area contributed by atoms with Crippen molar-refractivity contribution >= 4 is 11.8 Å². The first-order valence-electron chi connectivity index (χ1n) is 9.22. The van der Waals surface area contributed by atoms with Gasteiger partial charge in [0.15, 0.2) is 0 Å². The zero-order chi connectivity index (χ0) is 19.5. The average molecular weight is 376 g/mol. The van der Waals surface area contributed by atoms with Crippen molar-refractivity contribution in [2.75, 3.05) is 13.2 Å². The Morgan fingerprint density at radius 3 is 2.21 bits per heavy atom. The minimum Gasteiger partial charge on any atom is -0.419 e. The second-order valence-electron chi connectivity index (χ2n) is 6.64. The highest BCUT2D eigenvalue weighted by molar-refractivity contribution is 6.21. The first kappa shape index (κ1) is 18.1. The Morgan fingerprint density at radius 1 is 0.929 bits per heavy atom. The summed E-state index contributed by atoms with van der Waals surface area (Å²) in [4.78, 5) is 28.5. The second-order valence-corrected chi connectivity index (χ2v) is 6.64. The van der Waals surface area contributed by atoms with Crippen molar-refractivity contribution in [1.82, 2.24) is 20.0 Å². The van der Waals surface area contributed by atoms with Crippen molar-refractivity contribution in [3.05, 3.63) is 71.6 Å². The molecule has 0 N–H and O–H groups in total. The topological polar surface area (TPSA) is 79.5 Å². The molecule has 0 spiro atoms. The summed E-state index contributed by atoms with van der Waals surface area (Å²) in [5, 5.41) is 8.22. The Morgan fingerprint density at radius 2 is 1.57 bits per heavy atom. The fraction of sp³-hybridized carbons (Fsp3) is 0.238. The maximum Gasteiger partial charge on any atom is 0.262 e. The fourth-order valence-electron chi connectivity index (χ4n) is 3.29. The quantitative estimate of drug-likeness (QED) is 0.589. The van der Waals surface area contributed by atoms with Crippen LogP contribution in [0.2, 0.25) is 0 Å². The van der Waals surface area contributed by atoms with E-state index in [2.05, 4.69) is 10.2 Å². The molecule has 7 nitrogen and oxygen atoms in total. The standard InChI is InChI=1S/C21H20N4O3/c1-2-12-24(13-18-22-23-19(28-18)15-8-4-3-5-9-15)14-25-20(26)16-10-6-7-11-17(16)21(25)27/h3-11H,2,12-14H2,1H3. The Bertz CT molecular complexity index is 965. The normalized spacial score (nSPS) is 13.4. The van der Waals surface area contributed by atoms with Gasteiger partial charge < -0.3 is 4.42 Å². The van der Waals surface area contributed by atoms with Crippen LogP contribution in [0.1, 0.15) is 40.0 Å². The molecule has 0 saturated heterocycles. The predicted molar refractivity (Wildman–Crippen MR) is 102 cm³/mol. The number of amides is 2. The number of rotatable bonds is 7. The third-order valence-corrected chi connectivity index (χ3v) is 4.61. The van der Waals surface area contributed by atoms with Gasteiger partial charge in [-0.25, -0.2) is 0 Å². The first-order valence-corrected chi connectivity index (χ1v) is 9.22. The lowest BCUT2D eigenvalue weighted by atomic mass is 10.1. The average Bonchev–Trinajstić information content (AvgIpc) is 3.28. The van der Waals surface area contributed by atoms with Crippen molar-refractivity contribution in [3.63, 3.8) is 0 Å². The minimum atomic E-state index is -0.266. The van der Waals surface area contributed by atoms with Gasteiger partial charge in [-0.1, -0.05) is 37.3 Å². The highest BCUT2D eigenvalue weighted by atomic mass is 16.4. The van der Waals surface area contributed by atoms with Gasteiger partial charge in [-0.2, -0.15) is 0 Å². The molecule has 0 aliphatic carbocycles. The maximum absolute atomic E-state index is 12.6. The van der Waals surface area contributed by atoms with Crippen LogP contribution in [0.5, 0.6) is 0 Å². The lowest BCUT2D eigenvalue weighted by molar-refractivity contribution is 0.0521. The predicted octanol–water partition coefficient (Wildman–Crippen LogP) is 3.20. The molecule has 0 radical (unpaired) electrons. The van der Waals surface area contributed by atoms with Crippen LogP contribution in [-0.4, -0.2) is 45.0 Å². The van der Waals surface area contributed by atoms with Gasteiger partial charge in [-0.05, 0) is 30.7 Å². The summed E-state index contributed by atoms with van der Waals surface area (Å²) in [6, 6.07) is 16.4. The molecule has 0 fully saturated rings. The molecule has 2 amide bonds. The van der Waals surface area contributed by atoms with Gasteiger partial charge in [-0.15, -0.1) is 10.2 Å². The molecule has 2 heterocycles. The third kappa shape index (κ3) is 3.44. The van der Waals surface area contributed by atoms with E-state index in [4.69, 9.17) is 4.42 Å². The smallest absolute Gasteiger partial charge is 0.262 e. The monoisotopic (exact) mass is 376 g/mol. The van der Waals surface area contributed by atoms with Gasteiger partial charge in [0, 0.05) is 12.1 Å². The number of benzene rings is 2. The van der Waals surface area contributed by atoms with Gasteiger partial charge >= 0.3 is 0 Å². The summed E-state index contributed by atoms with van der Waals surface area (Å²) in [6.45, 7) is 3.28. The molecule has 1 aromatic heterocycles. The van der Waals surface area contributed by atoms with Crippen LogP contribution in [0, 0.1) is 0 Å². The first-order chi connectivity index (χ1) is 13.7. The minimum absolute atomic E-state index is 0.184. The van der Waals surface area contributed by atoms with Crippen LogP contribution in [0.3, 0.4) is 0 Å². The van der Waals surface area contributed by atoms with Crippen molar-refractivity contribution in [2.45, 2.75) is 19.9 Å². The molecule has 2 aromatic carbocycles. The van der Waals surface area contributed by atoms with Gasteiger partial charge in [0.2, 0.25) is 11.8 Å². The molecule has 1 aliphatic rings. The molecule has 0 atom stereocenters. The van der Waals surface area contributed by atoms with Crippen LogP contribution < -0.4 is 0 Å². The number of hydrogen-bond acceptors (Lipinski definition) is 6. The number of imide groups is 1. The molecule has 0 unspecified atom stereocenters. The van der Waals surface area contributed by atoms with E-state index >= 15 is 0 Å². The summed E-state index contributed by atoms with van der Waals surface area (Å²) in [5.74, 6) is 0.367. The van der Waals surface area contributed by atoms with Crippen molar-refractivity contribution in [1.29, 1.82) is 0 Å². The van der Waals surface area contributed by atoms with Gasteiger partial charge in [0.1, 0.15) is 0 Å². The highest BCUT2D eigenvalue weighted by Gasteiger charge is 2.36. The highest BCUT2D eigenvalue weighted by Crippen LogP contribution is 2.23. The SMILES string of the molecule is CCCN(Cc1nnc(-c2ccccc2)o1)CN1C(=O)c2ccccc2C1=O. The van der Waals surface area contributed by atoms with Crippen LogP contribution in [0.4, 0.5) is 0 Å². The Labute approximate surface area is 162 Å². The molecule has 4 rings (SSSR count). The van der Waals surface area contributed by atoms with Crippen LogP contribution >= 0.6 is 0 Å². The lowest BCUT2D eigenvalue weighted by Crippen LogP contribution is -2.41. The molecular formula is C21H20N4O3. The van der Waals surface area contributed by atoms with Gasteiger partial charge in [-0.3, -0.25) is 19.4 Å². The third-order valence-electron chi connectivity index (χ3n) is 4.61. The second kappa shape index (κ2) is 7.74. The van der Waals surface area contributed by atoms with Crippen molar-refractivity contribution in [3.8, 4) is 11.5 Å². The molecule has 0 saturated carbocycles. The Kier molecular flexibility index (Phi) is 4.99. The molecule has 0 bridgehead atoms. The van der Waals surface area contributed by atoms with Gasteiger partial charge in [0.05, 0.1) is 24.3 Å². The number of carbonyl (C=O) groups is 2. The summed E-state index contributed by atoms with van der Waals surface area (Å²) in [6.07, 6.45) is 0.864. The Hall–Kier alpha value is -3.32. The largest absolute Gasteiger partial charge is 0.419 e. The number of fused-ring (bicyclic) bond motifs is 1. The van der Waals surface area contributed by atoms with E-state index in [1.807, 2.05) is 42.2 Å². The number of aromatic nitrogens is 2. The number of nitrogens with zero attached hydrogens (tertiary/aromatic N) is 4. The van der Waals surface area contributed by atoms with Crippen molar-refractivity contribution < 1.29 is 14.0 Å². The molecule has 1 aliphatic heterocycles. The van der Waals surface area contributed by atoms with E-state index in [0.29, 0.717) is 36.0 Å². The van der Waals surface area contributed by atoms with E-state index in [0.717, 1.165) is 12.0 Å². The van der Waals surface area contributed by atoms with Crippen LogP contribution in [-0.2, 0) is 6.54 Å². The summed E-state index contributed by atoms with van der Waals surface area (Å²) in [7, 11) is 0. The summed E-state index contributed by atoms with van der Waals surface area (Å²) < 4.78 is 5.77. The summed E-state index contributed by atoms with van der Waals surface area (Å²) in [5.41, 5.74) is 1.75. The molecule has 7 heteroatoms. The molecular weight excluding hydrogens is 356 g/mol. The lowest BCUT2D eigenvalue weighted by Gasteiger charge is -2.25. The van der Waals surface area contributed by atoms with E-state index < -0.39 is 0 Å². The van der Waals surface area contributed by atoms with E-state index in [1.165, 1.54) is 4.90 Å². The maximum atomic E-state index is 12.6. The summed E-state index contributed by atoms with van der Waals surface area (Å²) >= 11 is 0. The van der Waals surface area contributed by atoms with E-state index in [-0.39, 0.29) is 18.5 Å². The van der Waals surface area contributed by atoms with E-state index in [9.17, 15) is 9.59 Å². The molecule has 28 heavy (non-hydrogen) atoms. The zero-order valence-electron chi connectivity index (χ0n) is 15.5.